The number of rotatable bonds is 21. The molecule has 265 valence electrons. The highest BCUT2D eigenvalue weighted by molar-refractivity contribution is 5.91. The Morgan fingerprint density at radius 2 is 1.02 bits per heavy atom. The highest BCUT2D eigenvalue weighted by Crippen LogP contribution is 2.51. The zero-order valence-electron chi connectivity index (χ0n) is 29.9. The fraction of sp³-hybridized carbons (Fsp3) is 0.524. The minimum absolute atomic E-state index is 0.190. The predicted molar refractivity (Wildman–Crippen MR) is 194 cm³/mol. The van der Waals surface area contributed by atoms with Gasteiger partial charge in [0.2, 0.25) is 0 Å². The number of hydroxylamine groups is 2. The molecule has 1 saturated heterocycles. The maximum Gasteiger partial charge on any atom is 0.343 e. The van der Waals surface area contributed by atoms with Crippen LogP contribution in [-0.2, 0) is 16.3 Å². The molecule has 1 radical (unpaired) electrons. The molecule has 1 N–H and O–H groups in total. The first-order valence-electron chi connectivity index (χ1n) is 18.5. The summed E-state index contributed by atoms with van der Waals surface area (Å²) in [6.45, 7) is 6.75. The van der Waals surface area contributed by atoms with Gasteiger partial charge in [0.1, 0.15) is 11.5 Å². The van der Waals surface area contributed by atoms with E-state index in [2.05, 4.69) is 6.92 Å². The molecule has 0 unspecified atom stereocenters. The number of carbonyl (C=O) groups is 2. The lowest BCUT2D eigenvalue weighted by Crippen LogP contribution is -2.44. The van der Waals surface area contributed by atoms with Gasteiger partial charge in [0.15, 0.2) is 0 Å². The van der Waals surface area contributed by atoms with E-state index in [1.54, 1.807) is 48.5 Å². The molecule has 0 bridgehead atoms. The summed E-state index contributed by atoms with van der Waals surface area (Å²) in [6, 6.07) is 20.7. The average molecular weight is 671 g/mol. The van der Waals surface area contributed by atoms with Gasteiger partial charge in [0, 0.05) is 0 Å². The molecule has 0 aromatic heterocycles. The van der Waals surface area contributed by atoms with Crippen molar-refractivity contribution in [1.29, 1.82) is 0 Å². The van der Waals surface area contributed by atoms with Gasteiger partial charge < -0.3 is 14.6 Å². The first kappa shape index (κ1) is 38.1. The lowest BCUT2D eigenvalue weighted by Gasteiger charge is -2.37. The monoisotopic (exact) mass is 670 g/mol. The van der Waals surface area contributed by atoms with Crippen LogP contribution >= 0.6 is 0 Å². The van der Waals surface area contributed by atoms with Crippen LogP contribution in [0.2, 0.25) is 0 Å². The zero-order valence-corrected chi connectivity index (χ0v) is 29.9. The summed E-state index contributed by atoms with van der Waals surface area (Å²) < 4.78 is 11.5. The van der Waals surface area contributed by atoms with E-state index >= 15 is 0 Å². The molecule has 0 saturated carbocycles. The molecule has 2 atom stereocenters. The Hall–Kier alpha value is -3.68. The number of carboxylic acid groups (broad SMARTS) is 1. The number of ether oxygens (including phenoxy) is 2. The van der Waals surface area contributed by atoms with Crippen molar-refractivity contribution >= 4 is 11.9 Å². The number of nitrogens with zero attached hydrogens (tertiary/aromatic N) is 1. The summed E-state index contributed by atoms with van der Waals surface area (Å²) >= 11 is 0. The second-order valence-corrected chi connectivity index (χ2v) is 14.1. The van der Waals surface area contributed by atoms with E-state index in [4.69, 9.17) is 9.47 Å². The molecule has 1 aliphatic rings. The van der Waals surface area contributed by atoms with Crippen molar-refractivity contribution in [1.82, 2.24) is 5.06 Å². The molecule has 3 aromatic rings. The lowest BCUT2D eigenvalue weighted by molar-refractivity contribution is -0.260. The van der Waals surface area contributed by atoms with Crippen molar-refractivity contribution in [3.63, 3.8) is 0 Å². The van der Waals surface area contributed by atoms with Gasteiger partial charge >= 0.3 is 11.9 Å². The van der Waals surface area contributed by atoms with E-state index in [9.17, 15) is 19.9 Å². The Morgan fingerprint density at radius 3 is 1.49 bits per heavy atom. The van der Waals surface area contributed by atoms with Crippen LogP contribution in [0.15, 0.2) is 72.8 Å². The summed E-state index contributed by atoms with van der Waals surface area (Å²) in [5.74, 6) is -0.309. The Morgan fingerprint density at radius 1 is 0.612 bits per heavy atom. The molecule has 0 spiro atoms. The number of carboxylic acids is 1. The summed E-state index contributed by atoms with van der Waals surface area (Å²) in [6.07, 6.45) is 19.8. The van der Waals surface area contributed by atoms with Gasteiger partial charge in [0.05, 0.1) is 28.8 Å². The van der Waals surface area contributed by atoms with E-state index < -0.39 is 23.0 Å². The Kier molecular flexibility index (Phi) is 14.7. The number of unbranched alkanes of at least 4 members (excludes halogenated alkanes) is 13. The van der Waals surface area contributed by atoms with Crippen molar-refractivity contribution in [2.24, 2.45) is 0 Å². The van der Waals surface area contributed by atoms with Crippen LogP contribution in [0.25, 0.3) is 0 Å². The number of carbonyl (C=O) groups excluding carboxylic acids is 1. The van der Waals surface area contributed by atoms with Crippen LogP contribution < -0.4 is 9.47 Å². The molecule has 7 nitrogen and oxygen atoms in total. The van der Waals surface area contributed by atoms with E-state index in [0.717, 1.165) is 28.4 Å². The molecule has 49 heavy (non-hydrogen) atoms. The molecular weight excluding hydrogens is 614 g/mol. The number of esters is 1. The topological polar surface area (TPSA) is 96.0 Å². The van der Waals surface area contributed by atoms with Gasteiger partial charge in [-0.1, -0.05) is 115 Å². The average Bonchev–Trinajstić information content (AvgIpc) is 3.36. The van der Waals surface area contributed by atoms with E-state index in [1.807, 2.05) is 26.0 Å². The van der Waals surface area contributed by atoms with Crippen molar-refractivity contribution in [2.45, 2.75) is 135 Å². The quantitative estimate of drug-likeness (QED) is 0.0688. The first-order chi connectivity index (χ1) is 23.7. The smallest absolute Gasteiger partial charge is 0.343 e. The largest absolute Gasteiger partial charge is 0.494 e. The Labute approximate surface area is 293 Å². The molecule has 0 amide bonds. The first-order valence-corrected chi connectivity index (χ1v) is 18.5. The van der Waals surface area contributed by atoms with Crippen LogP contribution in [0.4, 0.5) is 0 Å². The highest BCUT2D eigenvalue weighted by Gasteiger charge is 2.52. The van der Waals surface area contributed by atoms with Crippen LogP contribution in [0, 0.1) is 0 Å². The number of aromatic carboxylic acids is 1. The predicted octanol–water partition coefficient (Wildman–Crippen LogP) is 11.0. The molecule has 0 aliphatic carbocycles. The molecule has 1 aliphatic heterocycles. The van der Waals surface area contributed by atoms with Gasteiger partial charge in [-0.25, -0.2) is 9.59 Å². The SMILES string of the molecule is CCCCCCCCCCCCCCCCOc1ccc(C(=O)Oc2ccc([C@]3(C)CC[C@@](C)(c4ccc(C(=O)O)cc4)N3[O])cc2)cc1. The third-order valence-corrected chi connectivity index (χ3v) is 10.3. The van der Waals surface area contributed by atoms with Gasteiger partial charge in [-0.2, -0.15) is 0 Å². The standard InChI is InChI=1S/C42H56NO6/c1-4-5-6-7-8-9-10-11-12-13-14-15-16-17-32-48-37-26-20-34(21-27-37)40(46)49-38-28-24-36(25-29-38)42(3)31-30-41(2,43(42)47)35-22-18-33(19-23-35)39(44)45/h18-29H,4-17,30-32H2,1-3H3,(H,44,45)/t41-,42-/m0/s1. The van der Waals surface area contributed by atoms with E-state index in [-0.39, 0.29) is 5.56 Å². The van der Waals surface area contributed by atoms with Crippen molar-refractivity contribution in [2.75, 3.05) is 6.61 Å². The van der Waals surface area contributed by atoms with Gasteiger partial charge in [-0.15, -0.1) is 10.3 Å². The van der Waals surface area contributed by atoms with Gasteiger partial charge in [-0.05, 0) is 92.8 Å². The zero-order chi connectivity index (χ0) is 35.1. The van der Waals surface area contributed by atoms with Gasteiger partial charge in [0.25, 0.3) is 0 Å². The van der Waals surface area contributed by atoms with Crippen LogP contribution in [0.5, 0.6) is 11.5 Å². The maximum atomic E-state index is 13.7. The molecule has 7 heteroatoms. The minimum Gasteiger partial charge on any atom is -0.494 e. The van der Waals surface area contributed by atoms with Crippen molar-refractivity contribution < 1.29 is 29.4 Å². The lowest BCUT2D eigenvalue weighted by atomic mass is 9.89. The number of hydrogen-bond acceptors (Lipinski definition) is 5. The number of benzene rings is 3. The Balaban J connectivity index is 1.14. The fourth-order valence-electron chi connectivity index (χ4n) is 6.95. The summed E-state index contributed by atoms with van der Waals surface area (Å²) in [4.78, 5) is 24.1. The third kappa shape index (κ3) is 10.7. The minimum atomic E-state index is -0.996. The molecule has 4 rings (SSSR count). The molecular formula is C42H56NO6. The van der Waals surface area contributed by atoms with Crippen molar-refractivity contribution in [3.05, 3.63) is 95.1 Å². The second kappa shape index (κ2) is 18.9. The van der Waals surface area contributed by atoms with E-state index in [1.165, 1.54) is 95.6 Å². The van der Waals surface area contributed by atoms with E-state index in [0.29, 0.717) is 30.8 Å². The number of hydrogen-bond donors (Lipinski definition) is 1. The van der Waals surface area contributed by atoms with Crippen molar-refractivity contribution in [3.8, 4) is 11.5 Å². The van der Waals surface area contributed by atoms with Crippen LogP contribution in [-0.4, -0.2) is 28.7 Å². The third-order valence-electron chi connectivity index (χ3n) is 10.3. The highest BCUT2D eigenvalue weighted by atomic mass is 16.5. The maximum absolute atomic E-state index is 13.7. The molecule has 1 fully saturated rings. The molecule has 1 heterocycles. The summed E-state index contributed by atoms with van der Waals surface area (Å²) in [5.41, 5.74) is 0.660. The van der Waals surface area contributed by atoms with Crippen LogP contribution in [0.3, 0.4) is 0 Å². The van der Waals surface area contributed by atoms with Crippen LogP contribution in [0.1, 0.15) is 155 Å². The van der Waals surface area contributed by atoms with Gasteiger partial charge in [-0.3, -0.25) is 0 Å². The fourth-order valence-corrected chi connectivity index (χ4v) is 6.95. The molecule has 3 aromatic carbocycles. The summed E-state index contributed by atoms with van der Waals surface area (Å²) in [7, 11) is 0. The second-order valence-electron chi connectivity index (χ2n) is 14.1. The normalized spacial score (nSPS) is 19.2. The Bertz CT molecular complexity index is 1440. The summed E-state index contributed by atoms with van der Waals surface area (Å²) in [5, 5.41) is 24.1.